The van der Waals surface area contributed by atoms with E-state index in [4.69, 9.17) is 4.74 Å². The van der Waals surface area contributed by atoms with E-state index in [0.717, 1.165) is 28.8 Å². The van der Waals surface area contributed by atoms with Crippen LogP contribution in [-0.4, -0.2) is 33.2 Å². The second-order valence-corrected chi connectivity index (χ2v) is 9.06. The van der Waals surface area contributed by atoms with E-state index in [1.807, 2.05) is 45.0 Å². The summed E-state index contributed by atoms with van der Waals surface area (Å²) in [6, 6.07) is 11.2. The highest BCUT2D eigenvalue weighted by Crippen LogP contribution is 2.35. The lowest BCUT2D eigenvalue weighted by molar-refractivity contribution is -0.122. The van der Waals surface area contributed by atoms with Crippen molar-refractivity contribution in [2.75, 3.05) is 22.4 Å². The van der Waals surface area contributed by atoms with Crippen molar-refractivity contribution in [3.05, 3.63) is 53.1 Å². The van der Waals surface area contributed by atoms with E-state index < -0.39 is 16.1 Å². The molecule has 1 aliphatic rings. The number of sulfonamides is 1. The van der Waals surface area contributed by atoms with Gasteiger partial charge in [-0.15, -0.1) is 0 Å². The number of fused-ring (bicyclic) bond motifs is 1. The molecule has 0 radical (unpaired) electrons. The van der Waals surface area contributed by atoms with E-state index in [9.17, 15) is 13.2 Å². The number of rotatable bonds is 4. The quantitative estimate of drug-likeness (QED) is 0.850. The van der Waals surface area contributed by atoms with Crippen molar-refractivity contribution >= 4 is 27.3 Å². The minimum atomic E-state index is -3.48. The van der Waals surface area contributed by atoms with Crippen LogP contribution in [-0.2, 0) is 21.2 Å². The van der Waals surface area contributed by atoms with Gasteiger partial charge in [-0.1, -0.05) is 31.2 Å². The molecule has 0 fully saturated rings. The third-order valence-corrected chi connectivity index (χ3v) is 6.11. The summed E-state index contributed by atoms with van der Waals surface area (Å²) in [6.07, 6.45) is 1.45. The Bertz CT molecular complexity index is 1000. The molecule has 28 heavy (non-hydrogen) atoms. The van der Waals surface area contributed by atoms with E-state index >= 15 is 0 Å². The highest BCUT2D eigenvalue weighted by atomic mass is 32.2. The Morgan fingerprint density at radius 3 is 2.68 bits per heavy atom. The Morgan fingerprint density at radius 2 is 2.00 bits per heavy atom. The van der Waals surface area contributed by atoms with Gasteiger partial charge in [-0.05, 0) is 49.1 Å². The maximum Gasteiger partial charge on any atom is 0.265 e. The molecule has 150 valence electrons. The zero-order chi connectivity index (χ0) is 20.5. The van der Waals surface area contributed by atoms with Crippen LogP contribution in [0.25, 0.3) is 0 Å². The van der Waals surface area contributed by atoms with Crippen molar-refractivity contribution in [2.45, 2.75) is 39.7 Å². The molecule has 6 nitrogen and oxygen atoms in total. The number of nitrogens with zero attached hydrogens (tertiary/aromatic N) is 1. The fraction of sp³-hybridized carbons (Fsp3) is 0.381. The molecule has 0 aliphatic carbocycles. The summed E-state index contributed by atoms with van der Waals surface area (Å²) in [5, 5.41) is 2.99. The third-order valence-electron chi connectivity index (χ3n) is 4.93. The van der Waals surface area contributed by atoms with Crippen LogP contribution in [0, 0.1) is 13.8 Å². The number of para-hydroxylation sites is 1. The van der Waals surface area contributed by atoms with Crippen LogP contribution in [0.4, 0.5) is 11.4 Å². The molecule has 1 atom stereocenters. The molecule has 1 heterocycles. The molecule has 7 heteroatoms. The number of benzene rings is 2. The first kappa shape index (κ1) is 20.2. The number of carbonyl (C=O) groups excluding carboxylic acids is 1. The van der Waals surface area contributed by atoms with Gasteiger partial charge in [-0.3, -0.25) is 9.10 Å². The standard InChI is InChI=1S/C21H26N2O4S/c1-5-16-8-6-7-15(3)20(16)22-21(24)19-11-12-23(28(4,25)26)17-13-14(2)9-10-18(17)27-19/h6-10,13,19H,5,11-12H2,1-4H3,(H,22,24)/t19-/m1/s1. The van der Waals surface area contributed by atoms with Crippen LogP contribution in [0.1, 0.15) is 30.0 Å². The van der Waals surface area contributed by atoms with E-state index in [2.05, 4.69) is 5.32 Å². The number of ether oxygens (including phenoxy) is 1. The van der Waals surface area contributed by atoms with Crippen LogP contribution >= 0.6 is 0 Å². The van der Waals surface area contributed by atoms with E-state index in [1.54, 1.807) is 12.1 Å². The predicted molar refractivity (Wildman–Crippen MR) is 112 cm³/mol. The van der Waals surface area contributed by atoms with Crippen molar-refractivity contribution in [3.8, 4) is 5.75 Å². The van der Waals surface area contributed by atoms with Gasteiger partial charge in [0.1, 0.15) is 5.75 Å². The maximum absolute atomic E-state index is 13.0. The predicted octanol–water partition coefficient (Wildman–Crippen LogP) is 3.42. The second-order valence-electron chi connectivity index (χ2n) is 7.15. The number of anilines is 2. The topological polar surface area (TPSA) is 75.7 Å². The van der Waals surface area contributed by atoms with Crippen LogP contribution in [0.15, 0.2) is 36.4 Å². The second kappa shape index (κ2) is 7.83. The lowest BCUT2D eigenvalue weighted by atomic mass is 10.1. The maximum atomic E-state index is 13.0. The number of aryl methyl sites for hydroxylation is 3. The fourth-order valence-corrected chi connectivity index (χ4v) is 4.36. The van der Waals surface area contributed by atoms with Gasteiger partial charge in [0.25, 0.3) is 5.91 Å². The Balaban J connectivity index is 1.91. The van der Waals surface area contributed by atoms with Gasteiger partial charge in [0.15, 0.2) is 6.10 Å². The highest BCUT2D eigenvalue weighted by molar-refractivity contribution is 7.92. The van der Waals surface area contributed by atoms with Gasteiger partial charge in [0.05, 0.1) is 11.9 Å². The number of carbonyl (C=O) groups is 1. The molecule has 0 bridgehead atoms. The normalized spacial score (nSPS) is 16.7. The zero-order valence-corrected chi connectivity index (χ0v) is 17.5. The molecule has 2 aromatic carbocycles. The van der Waals surface area contributed by atoms with Crippen LogP contribution in [0.3, 0.4) is 0 Å². The Hall–Kier alpha value is -2.54. The number of amides is 1. The molecular formula is C21H26N2O4S. The third kappa shape index (κ3) is 4.14. The SMILES string of the molecule is CCc1cccc(C)c1NC(=O)[C@H]1CCN(S(C)(=O)=O)c2cc(C)ccc2O1. The Morgan fingerprint density at radius 1 is 1.25 bits per heavy atom. The van der Waals surface area contributed by atoms with Crippen LogP contribution in [0.5, 0.6) is 5.75 Å². The minimum Gasteiger partial charge on any atom is -0.478 e. The molecule has 1 amide bonds. The summed E-state index contributed by atoms with van der Waals surface area (Å²) < 4.78 is 31.8. The Kier molecular flexibility index (Phi) is 5.65. The van der Waals surface area contributed by atoms with Crippen LogP contribution < -0.4 is 14.4 Å². The van der Waals surface area contributed by atoms with Crippen molar-refractivity contribution < 1.29 is 17.9 Å². The molecule has 1 N–H and O–H groups in total. The monoisotopic (exact) mass is 402 g/mol. The van der Waals surface area contributed by atoms with E-state index in [-0.39, 0.29) is 18.9 Å². The molecule has 0 saturated carbocycles. The first-order chi connectivity index (χ1) is 13.2. The average molecular weight is 403 g/mol. The lowest BCUT2D eigenvalue weighted by Crippen LogP contribution is -2.36. The molecule has 0 unspecified atom stereocenters. The first-order valence-electron chi connectivity index (χ1n) is 9.35. The van der Waals surface area contributed by atoms with E-state index in [0.29, 0.717) is 11.4 Å². The van der Waals surface area contributed by atoms with Gasteiger partial charge in [0, 0.05) is 18.7 Å². The number of nitrogens with one attached hydrogen (secondary N) is 1. The van der Waals surface area contributed by atoms with Crippen molar-refractivity contribution in [3.63, 3.8) is 0 Å². The average Bonchev–Trinajstić information content (AvgIpc) is 2.82. The van der Waals surface area contributed by atoms with Gasteiger partial charge in [-0.2, -0.15) is 0 Å². The van der Waals surface area contributed by atoms with Gasteiger partial charge < -0.3 is 10.1 Å². The van der Waals surface area contributed by atoms with E-state index in [1.165, 1.54) is 10.6 Å². The Labute approximate surface area is 166 Å². The number of hydrogen-bond donors (Lipinski definition) is 1. The highest BCUT2D eigenvalue weighted by Gasteiger charge is 2.31. The smallest absolute Gasteiger partial charge is 0.265 e. The molecule has 0 aromatic heterocycles. The summed E-state index contributed by atoms with van der Waals surface area (Å²) in [6.45, 7) is 6.06. The first-order valence-corrected chi connectivity index (χ1v) is 11.2. The summed E-state index contributed by atoms with van der Waals surface area (Å²) in [5.74, 6) is 0.125. The summed E-state index contributed by atoms with van der Waals surface area (Å²) in [5.41, 5.74) is 4.23. The molecule has 0 spiro atoms. The molecule has 3 rings (SSSR count). The molecule has 2 aromatic rings. The van der Waals surface area contributed by atoms with Crippen molar-refractivity contribution in [1.82, 2.24) is 0 Å². The minimum absolute atomic E-state index is 0.182. The summed E-state index contributed by atoms with van der Waals surface area (Å²) in [7, 11) is -3.48. The molecular weight excluding hydrogens is 376 g/mol. The van der Waals surface area contributed by atoms with Gasteiger partial charge in [0.2, 0.25) is 10.0 Å². The van der Waals surface area contributed by atoms with Crippen molar-refractivity contribution in [1.29, 1.82) is 0 Å². The zero-order valence-electron chi connectivity index (χ0n) is 16.7. The van der Waals surface area contributed by atoms with Gasteiger partial charge >= 0.3 is 0 Å². The van der Waals surface area contributed by atoms with Crippen molar-refractivity contribution in [2.24, 2.45) is 0 Å². The lowest BCUT2D eigenvalue weighted by Gasteiger charge is -2.21. The number of hydrogen-bond acceptors (Lipinski definition) is 4. The fourth-order valence-electron chi connectivity index (χ4n) is 3.42. The summed E-state index contributed by atoms with van der Waals surface area (Å²) >= 11 is 0. The van der Waals surface area contributed by atoms with Crippen LogP contribution in [0.2, 0.25) is 0 Å². The largest absolute Gasteiger partial charge is 0.478 e. The summed E-state index contributed by atoms with van der Waals surface area (Å²) in [4.78, 5) is 13.0. The van der Waals surface area contributed by atoms with Gasteiger partial charge in [-0.25, -0.2) is 8.42 Å². The molecule has 1 aliphatic heterocycles. The molecule has 0 saturated heterocycles.